The van der Waals surface area contributed by atoms with E-state index in [-0.39, 0.29) is 5.91 Å². The van der Waals surface area contributed by atoms with E-state index in [1.54, 1.807) is 0 Å². The van der Waals surface area contributed by atoms with Crippen molar-refractivity contribution >= 4 is 5.91 Å². The van der Waals surface area contributed by atoms with E-state index in [4.69, 9.17) is 4.74 Å². The van der Waals surface area contributed by atoms with Crippen molar-refractivity contribution in [2.75, 3.05) is 6.61 Å². The fourth-order valence-corrected chi connectivity index (χ4v) is 2.05. The number of amides is 1. The lowest BCUT2D eigenvalue weighted by Gasteiger charge is -2.09. The van der Waals surface area contributed by atoms with Crippen LogP contribution in [0.3, 0.4) is 0 Å². The summed E-state index contributed by atoms with van der Waals surface area (Å²) in [5.74, 6) is 0.115. The van der Waals surface area contributed by atoms with Crippen LogP contribution in [-0.4, -0.2) is 18.6 Å². The van der Waals surface area contributed by atoms with Crippen molar-refractivity contribution < 1.29 is 9.53 Å². The molecule has 0 aromatic heterocycles. The first-order chi connectivity index (χ1) is 8.34. The number of hydrogen-bond donors (Lipinski definition) is 1. The summed E-state index contributed by atoms with van der Waals surface area (Å²) in [6, 6.07) is 9.96. The zero-order chi connectivity index (χ0) is 11.9. The number of nitrogens with one attached hydrogen (secondary N) is 1. The molecular formula is C14H19NO2. The van der Waals surface area contributed by atoms with Gasteiger partial charge in [-0.25, -0.2) is 0 Å². The van der Waals surface area contributed by atoms with Crippen LogP contribution in [0.4, 0.5) is 0 Å². The highest BCUT2D eigenvalue weighted by Crippen LogP contribution is 2.16. The predicted molar refractivity (Wildman–Crippen MR) is 66.5 cm³/mol. The molecule has 3 nitrogen and oxygen atoms in total. The first kappa shape index (κ1) is 12.1. The topological polar surface area (TPSA) is 38.3 Å². The van der Waals surface area contributed by atoms with Gasteiger partial charge in [-0.15, -0.1) is 0 Å². The Morgan fingerprint density at radius 1 is 1.35 bits per heavy atom. The lowest BCUT2D eigenvalue weighted by molar-refractivity contribution is -0.121. The molecule has 17 heavy (non-hydrogen) atoms. The molecule has 0 unspecified atom stereocenters. The molecule has 0 aliphatic carbocycles. The van der Waals surface area contributed by atoms with Gasteiger partial charge in [-0.05, 0) is 24.8 Å². The maximum atomic E-state index is 11.6. The van der Waals surface area contributed by atoms with Crippen LogP contribution < -0.4 is 5.32 Å². The fraction of sp³-hybridized carbons (Fsp3) is 0.500. The van der Waals surface area contributed by atoms with Gasteiger partial charge in [0.05, 0.1) is 6.10 Å². The lowest BCUT2D eigenvalue weighted by Crippen LogP contribution is -2.23. The third kappa shape index (κ3) is 4.19. The van der Waals surface area contributed by atoms with E-state index in [0.717, 1.165) is 31.4 Å². The minimum Gasteiger partial charge on any atom is -0.378 e. The summed E-state index contributed by atoms with van der Waals surface area (Å²) in [6.07, 6.45) is 3.96. The van der Waals surface area contributed by atoms with Gasteiger partial charge in [0.15, 0.2) is 0 Å². The fourth-order valence-electron chi connectivity index (χ4n) is 2.05. The average Bonchev–Trinajstić information content (AvgIpc) is 2.88. The summed E-state index contributed by atoms with van der Waals surface area (Å²) < 4.78 is 5.49. The van der Waals surface area contributed by atoms with Crippen LogP contribution in [-0.2, 0) is 16.1 Å². The predicted octanol–water partition coefficient (Wildman–Crippen LogP) is 2.26. The minimum absolute atomic E-state index is 0.115. The Morgan fingerprint density at radius 2 is 2.18 bits per heavy atom. The molecule has 2 rings (SSSR count). The van der Waals surface area contributed by atoms with Gasteiger partial charge in [-0.1, -0.05) is 30.3 Å². The standard InChI is InChI=1S/C14H19NO2/c16-14(9-8-13-7-4-10-17-13)15-11-12-5-2-1-3-6-12/h1-3,5-6,13H,4,7-11H2,(H,15,16)/t13-/m1/s1. The summed E-state index contributed by atoms with van der Waals surface area (Å²) in [5, 5.41) is 2.93. The van der Waals surface area contributed by atoms with E-state index in [1.165, 1.54) is 0 Å². The van der Waals surface area contributed by atoms with Crippen molar-refractivity contribution in [1.29, 1.82) is 0 Å². The Bertz CT molecular complexity index is 344. The van der Waals surface area contributed by atoms with Gasteiger partial charge >= 0.3 is 0 Å². The van der Waals surface area contributed by atoms with Gasteiger partial charge < -0.3 is 10.1 Å². The molecule has 1 N–H and O–H groups in total. The minimum atomic E-state index is 0.115. The molecule has 1 atom stereocenters. The Labute approximate surface area is 102 Å². The molecule has 0 spiro atoms. The van der Waals surface area contributed by atoms with Crippen LogP contribution in [0.2, 0.25) is 0 Å². The highest BCUT2D eigenvalue weighted by Gasteiger charge is 2.16. The van der Waals surface area contributed by atoms with E-state index < -0.39 is 0 Å². The number of ether oxygens (including phenoxy) is 1. The normalized spacial score (nSPS) is 19.2. The zero-order valence-corrected chi connectivity index (χ0v) is 10.0. The van der Waals surface area contributed by atoms with E-state index in [1.807, 2.05) is 30.3 Å². The molecule has 1 saturated heterocycles. The Hall–Kier alpha value is -1.35. The number of rotatable bonds is 5. The quantitative estimate of drug-likeness (QED) is 0.847. The highest BCUT2D eigenvalue weighted by molar-refractivity contribution is 5.75. The van der Waals surface area contributed by atoms with Crippen LogP contribution in [0.25, 0.3) is 0 Å². The Morgan fingerprint density at radius 3 is 2.88 bits per heavy atom. The molecule has 0 radical (unpaired) electrons. The van der Waals surface area contributed by atoms with Crippen molar-refractivity contribution in [3.8, 4) is 0 Å². The molecule has 0 saturated carbocycles. The summed E-state index contributed by atoms with van der Waals surface area (Å²) in [4.78, 5) is 11.6. The van der Waals surface area contributed by atoms with Crippen LogP contribution in [0.5, 0.6) is 0 Å². The first-order valence-electron chi connectivity index (χ1n) is 6.27. The third-order valence-electron chi connectivity index (χ3n) is 3.05. The van der Waals surface area contributed by atoms with E-state index in [9.17, 15) is 4.79 Å². The molecule has 1 aliphatic rings. The maximum absolute atomic E-state index is 11.6. The molecule has 3 heteroatoms. The smallest absolute Gasteiger partial charge is 0.220 e. The Kier molecular flexibility index (Phi) is 4.56. The van der Waals surface area contributed by atoms with Crippen LogP contribution in [0, 0.1) is 0 Å². The average molecular weight is 233 g/mol. The van der Waals surface area contributed by atoms with Crippen molar-refractivity contribution in [2.24, 2.45) is 0 Å². The van der Waals surface area contributed by atoms with Gasteiger partial charge in [-0.2, -0.15) is 0 Å². The van der Waals surface area contributed by atoms with Crippen molar-refractivity contribution in [3.63, 3.8) is 0 Å². The van der Waals surface area contributed by atoms with E-state index in [2.05, 4.69) is 5.32 Å². The number of benzene rings is 1. The Balaban J connectivity index is 1.64. The highest BCUT2D eigenvalue weighted by atomic mass is 16.5. The van der Waals surface area contributed by atoms with E-state index >= 15 is 0 Å². The molecule has 1 aromatic carbocycles. The molecule has 1 aromatic rings. The zero-order valence-electron chi connectivity index (χ0n) is 10.0. The number of carbonyl (C=O) groups excluding carboxylic acids is 1. The molecule has 1 aliphatic heterocycles. The molecule has 0 bridgehead atoms. The van der Waals surface area contributed by atoms with Gasteiger partial charge in [-0.3, -0.25) is 4.79 Å². The first-order valence-corrected chi connectivity index (χ1v) is 6.27. The largest absolute Gasteiger partial charge is 0.378 e. The molecule has 1 heterocycles. The lowest BCUT2D eigenvalue weighted by atomic mass is 10.1. The van der Waals surface area contributed by atoms with Crippen molar-refractivity contribution in [3.05, 3.63) is 35.9 Å². The van der Waals surface area contributed by atoms with Gasteiger partial charge in [0.2, 0.25) is 5.91 Å². The SMILES string of the molecule is O=C(CC[C@H]1CCCO1)NCc1ccccc1. The monoisotopic (exact) mass is 233 g/mol. The second kappa shape index (κ2) is 6.40. The summed E-state index contributed by atoms with van der Waals surface area (Å²) in [7, 11) is 0. The maximum Gasteiger partial charge on any atom is 0.220 e. The van der Waals surface area contributed by atoms with Crippen molar-refractivity contribution in [2.45, 2.75) is 38.3 Å². The number of hydrogen-bond acceptors (Lipinski definition) is 2. The molecule has 1 fully saturated rings. The second-order valence-electron chi connectivity index (χ2n) is 4.44. The molecule has 92 valence electrons. The van der Waals surface area contributed by atoms with Crippen LogP contribution in [0.1, 0.15) is 31.2 Å². The third-order valence-corrected chi connectivity index (χ3v) is 3.05. The molecular weight excluding hydrogens is 214 g/mol. The van der Waals surface area contributed by atoms with E-state index in [0.29, 0.717) is 19.1 Å². The summed E-state index contributed by atoms with van der Waals surface area (Å²) >= 11 is 0. The summed E-state index contributed by atoms with van der Waals surface area (Å²) in [5.41, 5.74) is 1.14. The summed E-state index contributed by atoms with van der Waals surface area (Å²) in [6.45, 7) is 1.47. The second-order valence-corrected chi connectivity index (χ2v) is 4.44. The van der Waals surface area contributed by atoms with Crippen LogP contribution >= 0.6 is 0 Å². The van der Waals surface area contributed by atoms with Crippen molar-refractivity contribution in [1.82, 2.24) is 5.32 Å². The van der Waals surface area contributed by atoms with Gasteiger partial charge in [0.25, 0.3) is 0 Å². The van der Waals surface area contributed by atoms with Gasteiger partial charge in [0, 0.05) is 19.6 Å². The molecule has 1 amide bonds. The van der Waals surface area contributed by atoms with Gasteiger partial charge in [0.1, 0.15) is 0 Å². The number of carbonyl (C=O) groups is 1. The van der Waals surface area contributed by atoms with Crippen LogP contribution in [0.15, 0.2) is 30.3 Å².